The Morgan fingerprint density at radius 2 is 2.18 bits per heavy atom. The van der Waals surface area contributed by atoms with Crippen molar-refractivity contribution in [2.24, 2.45) is 11.7 Å². The number of methoxy groups -OCH3 is 1. The number of nitrogens with two attached hydrogens (primary N) is 1. The summed E-state index contributed by atoms with van der Waals surface area (Å²) in [5.41, 5.74) is 5.95. The fourth-order valence-corrected chi connectivity index (χ4v) is 1.64. The topological polar surface area (TPSA) is 35.2 Å². The SMILES string of the molecule is CCC[C@@H](N)C(OC)C1CC1. The molecule has 2 nitrogen and oxygen atoms in total. The van der Waals surface area contributed by atoms with Gasteiger partial charge < -0.3 is 10.5 Å². The Morgan fingerprint density at radius 1 is 1.55 bits per heavy atom. The van der Waals surface area contributed by atoms with Gasteiger partial charge in [-0.2, -0.15) is 0 Å². The van der Waals surface area contributed by atoms with Gasteiger partial charge in [0.2, 0.25) is 0 Å². The number of hydrogen-bond acceptors (Lipinski definition) is 2. The zero-order valence-corrected chi connectivity index (χ0v) is 7.55. The van der Waals surface area contributed by atoms with Crippen LogP contribution >= 0.6 is 0 Å². The predicted molar refractivity (Wildman–Crippen MR) is 46.4 cm³/mol. The molecular formula is C9H19NO. The summed E-state index contributed by atoms with van der Waals surface area (Å²) in [6, 6.07) is 0.262. The Hall–Kier alpha value is -0.0800. The lowest BCUT2D eigenvalue weighted by Gasteiger charge is -2.21. The van der Waals surface area contributed by atoms with Gasteiger partial charge in [-0.3, -0.25) is 0 Å². The second-order valence-corrected chi connectivity index (χ2v) is 3.49. The Morgan fingerprint density at radius 3 is 2.55 bits per heavy atom. The minimum atomic E-state index is 0.262. The van der Waals surface area contributed by atoms with E-state index in [0.717, 1.165) is 18.8 Å². The van der Waals surface area contributed by atoms with Crippen molar-refractivity contribution in [1.29, 1.82) is 0 Å². The van der Waals surface area contributed by atoms with Crippen molar-refractivity contribution in [2.45, 2.75) is 44.8 Å². The van der Waals surface area contributed by atoms with Crippen LogP contribution in [0.2, 0.25) is 0 Å². The van der Waals surface area contributed by atoms with E-state index in [9.17, 15) is 0 Å². The summed E-state index contributed by atoms with van der Waals surface area (Å²) in [5, 5.41) is 0. The number of hydrogen-bond donors (Lipinski definition) is 1. The minimum Gasteiger partial charge on any atom is -0.380 e. The average molecular weight is 157 g/mol. The van der Waals surface area contributed by atoms with Crippen LogP contribution in [0.25, 0.3) is 0 Å². The van der Waals surface area contributed by atoms with Crippen molar-refractivity contribution in [3.63, 3.8) is 0 Å². The quantitative estimate of drug-likeness (QED) is 0.657. The van der Waals surface area contributed by atoms with E-state index in [1.807, 2.05) is 0 Å². The van der Waals surface area contributed by atoms with E-state index in [1.54, 1.807) is 7.11 Å². The highest BCUT2D eigenvalue weighted by Crippen LogP contribution is 2.35. The molecule has 1 aliphatic rings. The van der Waals surface area contributed by atoms with Gasteiger partial charge in [-0.05, 0) is 25.2 Å². The first-order valence-corrected chi connectivity index (χ1v) is 4.58. The second kappa shape index (κ2) is 4.07. The Bertz CT molecular complexity index is 112. The van der Waals surface area contributed by atoms with Gasteiger partial charge in [0.15, 0.2) is 0 Å². The highest BCUT2D eigenvalue weighted by Gasteiger charge is 2.34. The zero-order chi connectivity index (χ0) is 8.27. The first-order valence-electron chi connectivity index (χ1n) is 4.58. The van der Waals surface area contributed by atoms with E-state index in [2.05, 4.69) is 6.92 Å². The van der Waals surface area contributed by atoms with Gasteiger partial charge in [-0.1, -0.05) is 13.3 Å². The first kappa shape index (κ1) is 9.01. The third kappa shape index (κ3) is 2.46. The molecule has 1 rings (SSSR count). The van der Waals surface area contributed by atoms with Gasteiger partial charge >= 0.3 is 0 Å². The van der Waals surface area contributed by atoms with E-state index >= 15 is 0 Å². The van der Waals surface area contributed by atoms with E-state index in [1.165, 1.54) is 12.8 Å². The van der Waals surface area contributed by atoms with Gasteiger partial charge in [0.05, 0.1) is 6.10 Å². The van der Waals surface area contributed by atoms with Crippen molar-refractivity contribution in [3.8, 4) is 0 Å². The lowest BCUT2D eigenvalue weighted by atomic mass is 10.0. The maximum absolute atomic E-state index is 5.95. The number of rotatable bonds is 5. The summed E-state index contributed by atoms with van der Waals surface area (Å²) in [6.07, 6.45) is 5.21. The van der Waals surface area contributed by atoms with Crippen LogP contribution in [-0.2, 0) is 4.74 Å². The molecule has 1 unspecified atom stereocenters. The Labute approximate surface area is 69.1 Å². The molecule has 0 aromatic rings. The molecule has 11 heavy (non-hydrogen) atoms. The lowest BCUT2D eigenvalue weighted by molar-refractivity contribution is 0.0600. The van der Waals surface area contributed by atoms with E-state index in [4.69, 9.17) is 10.5 Å². The van der Waals surface area contributed by atoms with Crippen LogP contribution in [0.15, 0.2) is 0 Å². The molecule has 1 aliphatic carbocycles. The molecule has 0 heterocycles. The van der Waals surface area contributed by atoms with Crippen LogP contribution in [0, 0.1) is 5.92 Å². The molecule has 0 bridgehead atoms. The monoisotopic (exact) mass is 157 g/mol. The number of ether oxygens (including phenoxy) is 1. The molecule has 1 saturated carbocycles. The summed E-state index contributed by atoms with van der Waals surface area (Å²) in [4.78, 5) is 0. The van der Waals surface area contributed by atoms with Crippen LogP contribution in [0.1, 0.15) is 32.6 Å². The van der Waals surface area contributed by atoms with Crippen LogP contribution < -0.4 is 5.73 Å². The fourth-order valence-electron chi connectivity index (χ4n) is 1.64. The van der Waals surface area contributed by atoms with Crippen LogP contribution in [0.3, 0.4) is 0 Å². The zero-order valence-electron chi connectivity index (χ0n) is 7.55. The Kier molecular flexibility index (Phi) is 3.34. The summed E-state index contributed by atoms with van der Waals surface area (Å²) in [5.74, 6) is 0.765. The van der Waals surface area contributed by atoms with Crippen molar-refractivity contribution in [1.82, 2.24) is 0 Å². The molecule has 0 aliphatic heterocycles. The molecule has 0 spiro atoms. The maximum atomic E-state index is 5.95. The molecule has 0 radical (unpaired) electrons. The normalized spacial score (nSPS) is 23.2. The van der Waals surface area contributed by atoms with E-state index in [-0.39, 0.29) is 6.04 Å². The molecule has 1 fully saturated rings. The second-order valence-electron chi connectivity index (χ2n) is 3.49. The summed E-state index contributed by atoms with van der Waals surface area (Å²) in [6.45, 7) is 2.17. The standard InChI is InChI=1S/C9H19NO/c1-3-4-8(10)9(11-2)7-5-6-7/h7-9H,3-6,10H2,1-2H3/t8-,9?/m1/s1. The molecule has 2 atom stereocenters. The van der Waals surface area contributed by atoms with Crippen LogP contribution in [0.4, 0.5) is 0 Å². The van der Waals surface area contributed by atoms with Crippen molar-refractivity contribution in [2.75, 3.05) is 7.11 Å². The third-order valence-corrected chi connectivity index (χ3v) is 2.40. The predicted octanol–water partition coefficient (Wildman–Crippen LogP) is 1.54. The molecule has 0 aromatic heterocycles. The molecule has 0 aromatic carbocycles. The minimum absolute atomic E-state index is 0.262. The smallest absolute Gasteiger partial charge is 0.0750 e. The molecule has 2 heteroatoms. The molecule has 66 valence electrons. The summed E-state index contributed by atoms with van der Waals surface area (Å²) >= 11 is 0. The van der Waals surface area contributed by atoms with E-state index < -0.39 is 0 Å². The van der Waals surface area contributed by atoms with Crippen molar-refractivity contribution < 1.29 is 4.74 Å². The van der Waals surface area contributed by atoms with Crippen LogP contribution in [-0.4, -0.2) is 19.3 Å². The van der Waals surface area contributed by atoms with Crippen LogP contribution in [0.5, 0.6) is 0 Å². The molecule has 2 N–H and O–H groups in total. The lowest BCUT2D eigenvalue weighted by Crippen LogP contribution is -2.37. The average Bonchev–Trinajstić information content (AvgIpc) is 2.73. The van der Waals surface area contributed by atoms with Gasteiger partial charge in [-0.25, -0.2) is 0 Å². The summed E-state index contributed by atoms with van der Waals surface area (Å²) in [7, 11) is 1.78. The molecule has 0 saturated heterocycles. The van der Waals surface area contributed by atoms with Crippen molar-refractivity contribution in [3.05, 3.63) is 0 Å². The highest BCUT2D eigenvalue weighted by atomic mass is 16.5. The summed E-state index contributed by atoms with van der Waals surface area (Å²) < 4.78 is 5.36. The third-order valence-electron chi connectivity index (χ3n) is 2.40. The Balaban J connectivity index is 2.27. The maximum Gasteiger partial charge on any atom is 0.0750 e. The fraction of sp³-hybridized carbons (Fsp3) is 1.00. The molecular weight excluding hydrogens is 138 g/mol. The highest BCUT2D eigenvalue weighted by molar-refractivity contribution is 4.88. The van der Waals surface area contributed by atoms with Gasteiger partial charge in [-0.15, -0.1) is 0 Å². The van der Waals surface area contributed by atoms with Gasteiger partial charge in [0.25, 0.3) is 0 Å². The van der Waals surface area contributed by atoms with Crippen molar-refractivity contribution >= 4 is 0 Å². The van der Waals surface area contributed by atoms with E-state index in [0.29, 0.717) is 6.10 Å². The largest absolute Gasteiger partial charge is 0.380 e. The molecule has 0 amide bonds. The van der Waals surface area contributed by atoms with Gasteiger partial charge in [0.1, 0.15) is 0 Å². The first-order chi connectivity index (χ1) is 5.29. The van der Waals surface area contributed by atoms with Gasteiger partial charge in [0, 0.05) is 13.2 Å².